The van der Waals surface area contributed by atoms with Crippen molar-refractivity contribution in [1.29, 1.82) is 0 Å². The number of alkyl carbamates (subject to hydrolysis) is 1. The Morgan fingerprint density at radius 2 is 2.00 bits per heavy atom. The number of rotatable bonds is 14. The van der Waals surface area contributed by atoms with Gasteiger partial charge < -0.3 is 34.4 Å². The molecule has 2 radical (unpaired) electrons. The van der Waals surface area contributed by atoms with Gasteiger partial charge >= 0.3 is 6.09 Å². The minimum Gasteiger partial charge on any atom is -0.446 e. The molecule has 4 fully saturated rings. The monoisotopic (exact) mass is 694 g/mol. The van der Waals surface area contributed by atoms with Crippen molar-refractivity contribution in [3.63, 3.8) is 0 Å². The number of aliphatic hydroxyl groups is 2. The second-order valence-electron chi connectivity index (χ2n) is 15.9. The number of ether oxygens (including phenoxy) is 2. The summed E-state index contributed by atoms with van der Waals surface area (Å²) < 4.78 is 16.6. The maximum atomic E-state index is 12.7. The summed E-state index contributed by atoms with van der Waals surface area (Å²) in [5.74, 6) is 4.00. The quantitative estimate of drug-likeness (QED) is 0.0673. The lowest BCUT2D eigenvalue weighted by atomic mass is 9.47. The van der Waals surface area contributed by atoms with Gasteiger partial charge in [-0.3, -0.25) is 0 Å². The normalized spacial score (nSPS) is 40.7. The van der Waals surface area contributed by atoms with Crippen molar-refractivity contribution in [2.24, 2.45) is 40.4 Å². The van der Waals surface area contributed by atoms with Crippen LogP contribution in [0.25, 0.3) is 0 Å². The van der Waals surface area contributed by atoms with E-state index in [0.717, 1.165) is 49.4 Å². The highest BCUT2D eigenvalue weighted by molar-refractivity contribution is 8.08. The van der Waals surface area contributed by atoms with Crippen molar-refractivity contribution in [2.45, 2.75) is 142 Å². The second-order valence-corrected chi connectivity index (χ2v) is 19.0. The summed E-state index contributed by atoms with van der Waals surface area (Å²) in [4.78, 5) is 23.2. The molecule has 11 unspecified atom stereocenters. The Bertz CT molecular complexity index is 1160. The Labute approximate surface area is 289 Å². The van der Waals surface area contributed by atoms with E-state index in [0.29, 0.717) is 17.8 Å². The predicted octanol–water partition coefficient (Wildman–Crippen LogP) is 5.70. The molecular formula is C35H60BN2O7PS. The highest BCUT2D eigenvalue weighted by Gasteiger charge is 2.59. The van der Waals surface area contributed by atoms with Crippen LogP contribution >= 0.6 is 6.64 Å². The number of aliphatic hydroxyl groups excluding tert-OH is 2. The van der Waals surface area contributed by atoms with Crippen LogP contribution in [0.3, 0.4) is 0 Å². The van der Waals surface area contributed by atoms with Crippen molar-refractivity contribution >= 4 is 32.4 Å². The van der Waals surface area contributed by atoms with Crippen LogP contribution < -0.4 is 10.4 Å². The average molecular weight is 695 g/mol. The van der Waals surface area contributed by atoms with Crippen LogP contribution in [0.1, 0.15) is 111 Å². The van der Waals surface area contributed by atoms with Crippen molar-refractivity contribution in [2.75, 3.05) is 19.8 Å². The van der Waals surface area contributed by atoms with E-state index in [9.17, 15) is 19.9 Å². The summed E-state index contributed by atoms with van der Waals surface area (Å²) in [6.45, 7) is 5.84. The Kier molecular flexibility index (Phi) is 12.7. The molecule has 4 aliphatic carbocycles. The molecule has 5 rings (SSSR count). The van der Waals surface area contributed by atoms with E-state index >= 15 is 0 Å². The van der Waals surface area contributed by atoms with Gasteiger partial charge in [0.15, 0.2) is 0 Å². The number of unbranched alkanes of at least 4 members (excludes halogenated alkanes) is 2. The number of nitrogens with one attached hydrogen (secondary N) is 2. The second kappa shape index (κ2) is 15.8. The van der Waals surface area contributed by atoms with Gasteiger partial charge in [-0.15, -0.1) is 0 Å². The molecule has 0 aromatic rings. The lowest BCUT2D eigenvalue weighted by Gasteiger charge is -2.58. The van der Waals surface area contributed by atoms with E-state index < -0.39 is 37.0 Å². The van der Waals surface area contributed by atoms with Gasteiger partial charge in [0, 0.05) is 25.0 Å². The highest BCUT2D eigenvalue weighted by Crippen LogP contribution is 2.67. The van der Waals surface area contributed by atoms with Crippen LogP contribution in [0.15, 0.2) is 11.6 Å². The van der Waals surface area contributed by atoms with Crippen LogP contribution in [0, 0.1) is 40.4 Å². The molecule has 1 amide bonds. The minimum absolute atomic E-state index is 0.0971. The van der Waals surface area contributed by atoms with Gasteiger partial charge in [-0.05, 0) is 104 Å². The molecule has 5 aliphatic rings. The Hall–Kier alpha value is -0.515. The third-order valence-corrected chi connectivity index (χ3v) is 14.9. The van der Waals surface area contributed by atoms with Gasteiger partial charge in [-0.25, -0.2) is 9.88 Å². The fourth-order valence-corrected chi connectivity index (χ4v) is 12.3. The molecule has 0 spiro atoms. The molecule has 0 aromatic carbocycles. The third-order valence-electron chi connectivity index (χ3n) is 13.1. The van der Waals surface area contributed by atoms with E-state index in [4.69, 9.17) is 33.7 Å². The number of carbonyl (C=O) groups excluding carboxylic acids is 1. The fraction of sp³-hybridized carbons (Fsp3) is 0.914. The lowest BCUT2D eigenvalue weighted by Crippen LogP contribution is -2.51. The van der Waals surface area contributed by atoms with E-state index in [1.165, 1.54) is 56.9 Å². The molecule has 0 bridgehead atoms. The SMILES string of the molecule is [B][C@H]1CC(NP(O)(=S)OCC(O)CNC(=O)OC2CCC3(C)C(=CCC4C3CCC3(C)C(C(C)CCCCC)CCC43)C2)[C@@H](CO)O1. The maximum Gasteiger partial charge on any atom is 0.407 e. The van der Waals surface area contributed by atoms with Crippen molar-refractivity contribution in [3.8, 4) is 0 Å². The van der Waals surface area contributed by atoms with Gasteiger partial charge in [0.25, 0.3) is 6.64 Å². The standard InChI is InChI=1S/C35H60BN2O7PS/c1-5-6-7-8-22(2)27-11-12-28-26-10-9-23-17-25(13-15-34(23,3)29(26)14-16-35(27,28)4)44-33(41)37-19-24(40)21-43-46(42,47)38-30-18-32(36)45-31(30)20-39/h9,22,24-32,39-40H,5-8,10-21H2,1-4H3,(H,37,41)(H2,38,42,47)/t22?,24?,25?,26?,27?,28?,29?,30?,31-,32-,34?,35?,46?/m1/s1. The molecule has 3 saturated carbocycles. The van der Waals surface area contributed by atoms with Crippen LogP contribution in [0.4, 0.5) is 4.79 Å². The number of amides is 1. The zero-order chi connectivity index (χ0) is 34.0. The van der Waals surface area contributed by atoms with Crippen LogP contribution in [-0.4, -0.2) is 79.2 Å². The highest BCUT2D eigenvalue weighted by atomic mass is 32.5. The van der Waals surface area contributed by atoms with Crippen LogP contribution in [-0.2, 0) is 25.8 Å². The molecule has 12 heteroatoms. The first-order chi connectivity index (χ1) is 22.3. The van der Waals surface area contributed by atoms with Gasteiger partial charge in [-0.1, -0.05) is 65.0 Å². The zero-order valence-electron chi connectivity index (χ0n) is 29.1. The summed E-state index contributed by atoms with van der Waals surface area (Å²) in [7, 11) is 5.77. The number of hydrogen-bond acceptors (Lipinski definition) is 7. The third kappa shape index (κ3) is 8.52. The predicted molar refractivity (Wildman–Crippen MR) is 188 cm³/mol. The summed E-state index contributed by atoms with van der Waals surface area (Å²) in [6.07, 6.45) is 15.1. The van der Waals surface area contributed by atoms with Crippen LogP contribution in [0.2, 0.25) is 0 Å². The smallest absolute Gasteiger partial charge is 0.407 e. The molecular weight excluding hydrogens is 634 g/mol. The van der Waals surface area contributed by atoms with Crippen molar-refractivity contribution in [3.05, 3.63) is 11.6 Å². The molecule has 0 aromatic heterocycles. The van der Waals surface area contributed by atoms with E-state index in [-0.39, 0.29) is 31.3 Å². The Morgan fingerprint density at radius 1 is 1.21 bits per heavy atom. The molecule has 1 saturated heterocycles. The first kappa shape index (κ1) is 37.7. The molecule has 9 nitrogen and oxygen atoms in total. The topological polar surface area (TPSA) is 130 Å². The molecule has 266 valence electrons. The van der Waals surface area contributed by atoms with Crippen LogP contribution in [0.5, 0.6) is 0 Å². The molecule has 1 heterocycles. The molecule has 1 aliphatic heterocycles. The Balaban J connectivity index is 1.07. The van der Waals surface area contributed by atoms with Gasteiger partial charge in [0.1, 0.15) is 14.0 Å². The van der Waals surface area contributed by atoms with Gasteiger partial charge in [-0.2, -0.15) is 0 Å². The minimum atomic E-state index is -3.48. The molecule has 13 atom stereocenters. The first-order valence-corrected chi connectivity index (χ1v) is 21.1. The molecule has 5 N–H and O–H groups in total. The summed E-state index contributed by atoms with van der Waals surface area (Å²) in [6, 6.07) is -1.03. The van der Waals surface area contributed by atoms with Crippen molar-refractivity contribution in [1.82, 2.24) is 10.4 Å². The number of allylic oxidation sites excluding steroid dienone is 1. The van der Waals surface area contributed by atoms with Gasteiger partial charge in [0.2, 0.25) is 0 Å². The largest absolute Gasteiger partial charge is 0.446 e. The zero-order valence-corrected chi connectivity index (χ0v) is 30.8. The first-order valence-electron chi connectivity index (χ1n) is 18.4. The number of fused-ring (bicyclic) bond motifs is 5. The lowest BCUT2D eigenvalue weighted by molar-refractivity contribution is -0.0581. The Morgan fingerprint density at radius 3 is 2.74 bits per heavy atom. The molecule has 47 heavy (non-hydrogen) atoms. The number of hydrogen-bond donors (Lipinski definition) is 5. The summed E-state index contributed by atoms with van der Waals surface area (Å²) >= 11 is 5.16. The fourth-order valence-electron chi connectivity index (χ4n) is 10.6. The van der Waals surface area contributed by atoms with E-state index in [1.807, 2.05) is 0 Å². The van der Waals surface area contributed by atoms with Crippen molar-refractivity contribution < 1.29 is 33.9 Å². The van der Waals surface area contributed by atoms with E-state index in [2.05, 4.69) is 44.2 Å². The average Bonchev–Trinajstić information content (AvgIpc) is 3.57. The summed E-state index contributed by atoms with van der Waals surface area (Å²) in [5.41, 5.74) is 2.14. The van der Waals surface area contributed by atoms with E-state index in [1.54, 1.807) is 0 Å². The number of carbonyl (C=O) groups is 1. The van der Waals surface area contributed by atoms with Gasteiger partial charge in [0.05, 0.1) is 25.4 Å². The summed E-state index contributed by atoms with van der Waals surface area (Å²) in [5, 5.41) is 25.3. The maximum absolute atomic E-state index is 12.7.